The highest BCUT2D eigenvalue weighted by atomic mass is 35.5. The van der Waals surface area contributed by atoms with Gasteiger partial charge in [-0.15, -0.1) is 0 Å². The van der Waals surface area contributed by atoms with Crippen LogP contribution in [0.2, 0.25) is 5.02 Å². The van der Waals surface area contributed by atoms with Crippen LogP contribution >= 0.6 is 23.2 Å². The highest BCUT2D eigenvalue weighted by molar-refractivity contribution is 6.32. The van der Waals surface area contributed by atoms with E-state index in [-0.39, 0.29) is 17.4 Å². The van der Waals surface area contributed by atoms with Crippen molar-refractivity contribution < 1.29 is 14.2 Å². The van der Waals surface area contributed by atoms with Gasteiger partial charge < -0.3 is 9.84 Å². The molecule has 1 aromatic rings. The Balaban J connectivity index is 2.75. The Labute approximate surface area is 96.9 Å². The average molecular weight is 251 g/mol. The van der Waals surface area contributed by atoms with Gasteiger partial charge in [-0.2, -0.15) is 4.39 Å². The molecule has 82 valence electrons. The van der Waals surface area contributed by atoms with Crippen molar-refractivity contribution in [3.05, 3.63) is 34.1 Å². The van der Waals surface area contributed by atoms with Gasteiger partial charge in [0.15, 0.2) is 5.29 Å². The molecule has 0 aliphatic carbocycles. The summed E-state index contributed by atoms with van der Waals surface area (Å²) in [6.07, 6.45) is 1.08. The second kappa shape index (κ2) is 5.24. The molecule has 1 N–H and O–H groups in total. The minimum atomic E-state index is -0.823. The second-order valence-corrected chi connectivity index (χ2v) is 3.64. The third-order valence-corrected chi connectivity index (χ3v) is 2.16. The molecule has 15 heavy (non-hydrogen) atoms. The van der Waals surface area contributed by atoms with Crippen LogP contribution in [0.15, 0.2) is 23.5 Å². The summed E-state index contributed by atoms with van der Waals surface area (Å²) in [5, 5.41) is 8.74. The van der Waals surface area contributed by atoms with Gasteiger partial charge in [0.05, 0.1) is 5.02 Å². The van der Waals surface area contributed by atoms with Crippen molar-refractivity contribution in [1.82, 2.24) is 0 Å². The number of aromatic hydroxyl groups is 1. The standard InChI is InChI=1S/C10H9Cl2FO2/c1-6-4-7(5-8(11)10(6)14)15-3-2-9(12)13/h2,4-5,14H,3H2,1H3. The molecule has 1 rings (SSSR count). The largest absolute Gasteiger partial charge is 0.506 e. The Morgan fingerprint density at radius 3 is 2.80 bits per heavy atom. The maximum Gasteiger partial charge on any atom is 0.188 e. The van der Waals surface area contributed by atoms with Gasteiger partial charge in [0, 0.05) is 12.1 Å². The number of benzene rings is 1. The van der Waals surface area contributed by atoms with Crippen molar-refractivity contribution in [2.45, 2.75) is 6.92 Å². The van der Waals surface area contributed by atoms with Crippen molar-refractivity contribution in [1.29, 1.82) is 0 Å². The minimum absolute atomic E-state index is 0.00980. The third-order valence-electron chi connectivity index (χ3n) is 1.72. The van der Waals surface area contributed by atoms with E-state index in [1.165, 1.54) is 6.07 Å². The number of aryl methyl sites for hydroxylation is 1. The lowest BCUT2D eigenvalue weighted by atomic mass is 10.2. The van der Waals surface area contributed by atoms with Crippen LogP contribution in [-0.2, 0) is 0 Å². The Hall–Kier alpha value is -0.930. The van der Waals surface area contributed by atoms with Crippen LogP contribution in [0.1, 0.15) is 5.56 Å². The smallest absolute Gasteiger partial charge is 0.188 e. The van der Waals surface area contributed by atoms with E-state index in [0.717, 1.165) is 6.08 Å². The summed E-state index contributed by atoms with van der Waals surface area (Å²) in [4.78, 5) is 0. The molecule has 0 unspecified atom stereocenters. The minimum Gasteiger partial charge on any atom is -0.506 e. The summed E-state index contributed by atoms with van der Waals surface area (Å²) in [6, 6.07) is 3.05. The highest BCUT2D eigenvalue weighted by Crippen LogP contribution is 2.31. The summed E-state index contributed by atoms with van der Waals surface area (Å²) >= 11 is 10.7. The van der Waals surface area contributed by atoms with Crippen LogP contribution in [0.4, 0.5) is 4.39 Å². The molecule has 0 aliphatic heterocycles. The van der Waals surface area contributed by atoms with Crippen LogP contribution in [0.25, 0.3) is 0 Å². The first-order chi connectivity index (χ1) is 7.00. The molecule has 0 amide bonds. The highest BCUT2D eigenvalue weighted by Gasteiger charge is 2.05. The molecule has 0 fully saturated rings. The van der Waals surface area contributed by atoms with E-state index in [1.807, 2.05) is 0 Å². The zero-order chi connectivity index (χ0) is 11.4. The van der Waals surface area contributed by atoms with Crippen molar-refractivity contribution in [3.8, 4) is 11.5 Å². The predicted molar refractivity (Wildman–Crippen MR) is 58.4 cm³/mol. The summed E-state index contributed by atoms with van der Waals surface area (Å²) in [6.45, 7) is 1.70. The number of halogens is 3. The van der Waals surface area contributed by atoms with Gasteiger partial charge in [-0.1, -0.05) is 23.2 Å². The molecule has 0 bridgehead atoms. The summed E-state index contributed by atoms with van der Waals surface area (Å²) < 4.78 is 17.2. The number of phenols is 1. The van der Waals surface area contributed by atoms with Crippen LogP contribution in [0.3, 0.4) is 0 Å². The molecule has 0 saturated carbocycles. The summed E-state index contributed by atoms with van der Waals surface area (Å²) in [5.74, 6) is 0.465. The van der Waals surface area contributed by atoms with E-state index in [4.69, 9.17) is 27.9 Å². The summed E-state index contributed by atoms with van der Waals surface area (Å²) in [7, 11) is 0. The van der Waals surface area contributed by atoms with Gasteiger partial charge in [0.1, 0.15) is 18.1 Å². The number of rotatable bonds is 3. The lowest BCUT2D eigenvalue weighted by Gasteiger charge is -2.07. The van der Waals surface area contributed by atoms with E-state index in [1.54, 1.807) is 13.0 Å². The maximum atomic E-state index is 12.1. The first kappa shape index (κ1) is 12.1. The molecule has 2 nitrogen and oxygen atoms in total. The number of phenolic OH excluding ortho intramolecular Hbond substituents is 1. The zero-order valence-electron chi connectivity index (χ0n) is 7.93. The quantitative estimate of drug-likeness (QED) is 0.885. The Morgan fingerprint density at radius 2 is 2.27 bits per heavy atom. The van der Waals surface area contributed by atoms with Crippen LogP contribution in [0, 0.1) is 6.92 Å². The molecule has 1 aromatic carbocycles. The van der Waals surface area contributed by atoms with Gasteiger partial charge in [-0.25, -0.2) is 0 Å². The van der Waals surface area contributed by atoms with E-state index < -0.39 is 5.29 Å². The van der Waals surface area contributed by atoms with Crippen molar-refractivity contribution >= 4 is 23.2 Å². The number of hydrogen-bond acceptors (Lipinski definition) is 2. The van der Waals surface area contributed by atoms with Gasteiger partial charge in [0.2, 0.25) is 0 Å². The molecule has 5 heteroatoms. The van der Waals surface area contributed by atoms with Gasteiger partial charge in [-0.3, -0.25) is 0 Å². The SMILES string of the molecule is Cc1cc(OCC=C(F)Cl)cc(Cl)c1O. The fraction of sp³-hybridized carbons (Fsp3) is 0.200. The van der Waals surface area contributed by atoms with Crippen LogP contribution < -0.4 is 4.74 Å². The van der Waals surface area contributed by atoms with E-state index in [2.05, 4.69) is 0 Å². The van der Waals surface area contributed by atoms with Gasteiger partial charge >= 0.3 is 0 Å². The first-order valence-corrected chi connectivity index (χ1v) is 4.89. The first-order valence-electron chi connectivity index (χ1n) is 4.13. The Morgan fingerprint density at radius 1 is 1.60 bits per heavy atom. The topological polar surface area (TPSA) is 29.5 Å². The lowest BCUT2D eigenvalue weighted by molar-refractivity contribution is 0.359. The van der Waals surface area contributed by atoms with E-state index in [9.17, 15) is 9.50 Å². The molecular weight excluding hydrogens is 242 g/mol. The molecular formula is C10H9Cl2FO2. The monoisotopic (exact) mass is 250 g/mol. The number of ether oxygens (including phenoxy) is 1. The van der Waals surface area contributed by atoms with E-state index in [0.29, 0.717) is 11.3 Å². The molecule has 0 aliphatic rings. The lowest BCUT2D eigenvalue weighted by Crippen LogP contribution is -1.94. The predicted octanol–water partition coefficient (Wildman–Crippen LogP) is 3.78. The van der Waals surface area contributed by atoms with Crippen molar-refractivity contribution in [3.63, 3.8) is 0 Å². The molecule has 0 spiro atoms. The molecule has 0 heterocycles. The van der Waals surface area contributed by atoms with E-state index >= 15 is 0 Å². The van der Waals surface area contributed by atoms with Crippen LogP contribution in [0.5, 0.6) is 11.5 Å². The molecule has 0 aromatic heterocycles. The molecule has 0 atom stereocenters. The van der Waals surface area contributed by atoms with Gasteiger partial charge in [-0.05, 0) is 18.6 Å². The fourth-order valence-corrected chi connectivity index (χ4v) is 1.31. The Kier molecular flexibility index (Phi) is 4.24. The Bertz CT molecular complexity index is 364. The van der Waals surface area contributed by atoms with Crippen LogP contribution in [-0.4, -0.2) is 11.7 Å². The zero-order valence-corrected chi connectivity index (χ0v) is 9.44. The van der Waals surface area contributed by atoms with Gasteiger partial charge in [0.25, 0.3) is 0 Å². The second-order valence-electron chi connectivity index (χ2n) is 2.88. The molecule has 0 saturated heterocycles. The third kappa shape index (κ3) is 3.61. The average Bonchev–Trinajstić information content (AvgIpc) is 2.13. The van der Waals surface area contributed by atoms with Crippen molar-refractivity contribution in [2.24, 2.45) is 0 Å². The maximum absolute atomic E-state index is 12.1. The fourth-order valence-electron chi connectivity index (χ4n) is 0.989. The number of hydrogen-bond donors (Lipinski definition) is 1. The summed E-state index contributed by atoms with van der Waals surface area (Å²) in [5.41, 5.74) is 0.591. The normalized spacial score (nSPS) is 11.6. The van der Waals surface area contributed by atoms with Crippen molar-refractivity contribution in [2.75, 3.05) is 6.61 Å². The molecule has 0 radical (unpaired) electrons.